The number of primary amides is 1. The summed E-state index contributed by atoms with van der Waals surface area (Å²) in [5.74, 6) is 0.255. The summed E-state index contributed by atoms with van der Waals surface area (Å²) in [5.41, 5.74) is 5.04. The maximum atomic E-state index is 11.4. The molecular formula is C27H46N2O8. The van der Waals surface area contributed by atoms with Crippen molar-refractivity contribution in [2.45, 2.75) is 92.1 Å². The Hall–Kier alpha value is -2.88. The van der Waals surface area contributed by atoms with Gasteiger partial charge in [0.25, 0.3) is 5.91 Å². The fourth-order valence-electron chi connectivity index (χ4n) is 3.55. The molecule has 2 rings (SSSR count). The van der Waals surface area contributed by atoms with E-state index in [1.165, 1.54) is 58.4 Å². The highest BCUT2D eigenvalue weighted by Crippen LogP contribution is 2.29. The summed E-state index contributed by atoms with van der Waals surface area (Å²) in [4.78, 5) is 36.8. The van der Waals surface area contributed by atoms with Gasteiger partial charge in [0.1, 0.15) is 0 Å². The summed E-state index contributed by atoms with van der Waals surface area (Å²) in [6.07, 6.45) is 10.5. The van der Waals surface area contributed by atoms with E-state index in [2.05, 4.69) is 16.6 Å². The molecule has 1 saturated heterocycles. The van der Waals surface area contributed by atoms with Crippen LogP contribution in [0.15, 0.2) is 12.3 Å². The van der Waals surface area contributed by atoms with E-state index in [1.807, 2.05) is 20.8 Å². The van der Waals surface area contributed by atoms with Gasteiger partial charge in [-0.25, -0.2) is 4.98 Å². The summed E-state index contributed by atoms with van der Waals surface area (Å²) < 4.78 is 20.0. The number of esters is 2. The number of cyclic esters (lactones) is 1. The molecule has 3 N–H and O–H groups in total. The van der Waals surface area contributed by atoms with E-state index < -0.39 is 11.9 Å². The number of hydrogen-bond donors (Lipinski definition) is 2. The second-order valence-electron chi connectivity index (χ2n) is 9.32. The van der Waals surface area contributed by atoms with Gasteiger partial charge in [0.15, 0.2) is 17.2 Å². The minimum Gasteiger partial charge on any atom is -0.493 e. The van der Waals surface area contributed by atoms with Gasteiger partial charge in [0, 0.05) is 32.2 Å². The largest absolute Gasteiger partial charge is 0.493 e. The van der Waals surface area contributed by atoms with Crippen LogP contribution < -0.4 is 15.2 Å². The summed E-state index contributed by atoms with van der Waals surface area (Å²) in [7, 11) is 1.40. The fourth-order valence-corrected chi connectivity index (χ4v) is 3.55. The molecule has 10 heteroatoms. The SMILES string of the molecule is CC(C)CO.CCCC1CCCCCC(=O)OC(C)C1.COc1ccnc(C(N)=O)c1OCOC(C)=O. The number of amides is 1. The van der Waals surface area contributed by atoms with E-state index in [0.29, 0.717) is 18.9 Å². The number of carbonyl (C=O) groups excluding carboxylic acids is 3. The lowest BCUT2D eigenvalue weighted by atomic mass is 9.91. The second kappa shape index (κ2) is 20.2. The number of carbonyl (C=O) groups is 3. The smallest absolute Gasteiger partial charge is 0.306 e. The number of aliphatic hydroxyl groups is 1. The van der Waals surface area contributed by atoms with E-state index in [4.69, 9.17) is 25.1 Å². The number of aliphatic hydroxyl groups excluding tert-OH is 1. The average Bonchev–Trinajstić information content (AvgIpc) is 2.84. The van der Waals surface area contributed by atoms with Crippen molar-refractivity contribution < 1.29 is 38.4 Å². The van der Waals surface area contributed by atoms with E-state index >= 15 is 0 Å². The molecule has 0 saturated carbocycles. The number of rotatable bonds is 8. The highest BCUT2D eigenvalue weighted by molar-refractivity contribution is 5.94. The van der Waals surface area contributed by atoms with Crippen LogP contribution in [0.2, 0.25) is 0 Å². The van der Waals surface area contributed by atoms with Gasteiger partial charge < -0.3 is 29.8 Å². The predicted molar refractivity (Wildman–Crippen MR) is 140 cm³/mol. The van der Waals surface area contributed by atoms with Crippen molar-refractivity contribution in [1.29, 1.82) is 0 Å². The Morgan fingerprint density at radius 1 is 1.27 bits per heavy atom. The molecule has 2 unspecified atom stereocenters. The first-order valence-electron chi connectivity index (χ1n) is 12.9. The molecule has 1 aromatic rings. The van der Waals surface area contributed by atoms with Gasteiger partial charge >= 0.3 is 11.9 Å². The molecule has 0 radical (unpaired) electrons. The number of methoxy groups -OCH3 is 1. The molecule has 1 aromatic heterocycles. The zero-order chi connectivity index (χ0) is 28.2. The highest BCUT2D eigenvalue weighted by Gasteiger charge is 2.18. The topological polar surface area (TPSA) is 147 Å². The second-order valence-corrected chi connectivity index (χ2v) is 9.32. The van der Waals surface area contributed by atoms with Crippen LogP contribution in [0.5, 0.6) is 11.5 Å². The quantitative estimate of drug-likeness (QED) is 0.371. The number of ether oxygens (including phenoxy) is 4. The van der Waals surface area contributed by atoms with Crippen molar-refractivity contribution in [3.8, 4) is 11.5 Å². The molecule has 10 nitrogen and oxygen atoms in total. The molecule has 2 atom stereocenters. The van der Waals surface area contributed by atoms with Crippen LogP contribution in [0.4, 0.5) is 0 Å². The first-order chi connectivity index (χ1) is 17.5. The zero-order valence-corrected chi connectivity index (χ0v) is 23.3. The molecule has 0 aliphatic carbocycles. The van der Waals surface area contributed by atoms with Crippen molar-refractivity contribution in [2.24, 2.45) is 17.6 Å². The van der Waals surface area contributed by atoms with Crippen LogP contribution in [0, 0.1) is 11.8 Å². The molecular weight excluding hydrogens is 480 g/mol. The van der Waals surface area contributed by atoms with E-state index in [1.54, 1.807) is 0 Å². The number of hydrogen-bond acceptors (Lipinski definition) is 9. The third-order valence-electron chi connectivity index (χ3n) is 5.34. The van der Waals surface area contributed by atoms with Crippen molar-refractivity contribution in [1.82, 2.24) is 4.98 Å². The van der Waals surface area contributed by atoms with Crippen LogP contribution in [-0.2, 0) is 19.1 Å². The maximum Gasteiger partial charge on any atom is 0.306 e. The molecule has 0 bridgehead atoms. The number of nitrogens with zero attached hydrogens (tertiary/aromatic N) is 1. The molecule has 37 heavy (non-hydrogen) atoms. The zero-order valence-electron chi connectivity index (χ0n) is 23.3. The highest BCUT2D eigenvalue weighted by atomic mass is 16.7. The minimum atomic E-state index is -0.762. The van der Waals surface area contributed by atoms with Crippen molar-refractivity contribution in [3.05, 3.63) is 18.0 Å². The lowest BCUT2D eigenvalue weighted by Crippen LogP contribution is -2.19. The number of aromatic nitrogens is 1. The van der Waals surface area contributed by atoms with Crippen molar-refractivity contribution in [2.75, 3.05) is 20.5 Å². The normalized spacial score (nSPS) is 17.7. The Balaban J connectivity index is 0.000000596. The summed E-state index contributed by atoms with van der Waals surface area (Å²) in [6, 6.07) is 1.50. The van der Waals surface area contributed by atoms with Crippen LogP contribution >= 0.6 is 0 Å². The molecule has 0 aromatic carbocycles. The number of nitrogens with two attached hydrogens (primary N) is 1. The molecule has 212 valence electrons. The van der Waals surface area contributed by atoms with Gasteiger partial charge in [-0.05, 0) is 31.6 Å². The summed E-state index contributed by atoms with van der Waals surface area (Å²) in [6.45, 7) is 9.40. The van der Waals surface area contributed by atoms with Gasteiger partial charge in [-0.3, -0.25) is 14.4 Å². The molecule has 1 fully saturated rings. The van der Waals surface area contributed by atoms with Gasteiger partial charge in [0.05, 0.1) is 13.2 Å². The van der Waals surface area contributed by atoms with Gasteiger partial charge in [-0.2, -0.15) is 0 Å². The van der Waals surface area contributed by atoms with E-state index in [9.17, 15) is 14.4 Å². The Morgan fingerprint density at radius 3 is 2.49 bits per heavy atom. The Kier molecular flexibility index (Phi) is 18.6. The molecule has 0 spiro atoms. The Morgan fingerprint density at radius 2 is 1.95 bits per heavy atom. The molecule has 1 aliphatic heterocycles. The summed E-state index contributed by atoms with van der Waals surface area (Å²) in [5, 5.41) is 8.14. The summed E-state index contributed by atoms with van der Waals surface area (Å²) >= 11 is 0. The first kappa shape index (κ1) is 34.1. The maximum absolute atomic E-state index is 11.4. The first-order valence-corrected chi connectivity index (χ1v) is 12.9. The lowest BCUT2D eigenvalue weighted by Gasteiger charge is -2.22. The Bertz CT molecular complexity index is 801. The van der Waals surface area contributed by atoms with Crippen molar-refractivity contribution in [3.63, 3.8) is 0 Å². The standard InChI is InChI=1S/C13H24O2.C10H12N2O5.C4H10O/c1-3-7-12-8-5-4-6-9-13(14)15-11(2)10-12;1-6(13)16-5-17-9-7(15-2)3-4-12-8(9)10(11)14;1-4(2)3-5/h11-12H,3-10H2,1-2H3;3-4H,5H2,1-2H3,(H2,11,14);4-5H,3H2,1-2H3. The van der Waals surface area contributed by atoms with Gasteiger partial charge in [-0.1, -0.05) is 52.9 Å². The molecule has 1 amide bonds. The van der Waals surface area contributed by atoms with E-state index in [0.717, 1.165) is 18.8 Å². The number of pyridine rings is 1. The van der Waals surface area contributed by atoms with Crippen LogP contribution in [-0.4, -0.2) is 54.5 Å². The fraction of sp³-hybridized carbons (Fsp3) is 0.704. The van der Waals surface area contributed by atoms with Crippen LogP contribution in [0.1, 0.15) is 96.5 Å². The lowest BCUT2D eigenvalue weighted by molar-refractivity contribution is -0.149. The van der Waals surface area contributed by atoms with Crippen LogP contribution in [0.3, 0.4) is 0 Å². The average molecular weight is 527 g/mol. The predicted octanol–water partition coefficient (Wildman–Crippen LogP) is 4.41. The van der Waals surface area contributed by atoms with E-state index in [-0.39, 0.29) is 36.1 Å². The minimum absolute atomic E-state index is 0.000325. The van der Waals surface area contributed by atoms with Crippen LogP contribution in [0.25, 0.3) is 0 Å². The molecule has 1 aliphatic rings. The van der Waals surface area contributed by atoms with Crippen molar-refractivity contribution >= 4 is 17.8 Å². The third-order valence-corrected chi connectivity index (χ3v) is 5.34. The molecule has 2 heterocycles. The third kappa shape index (κ3) is 16.5. The van der Waals surface area contributed by atoms with Gasteiger partial charge in [0.2, 0.25) is 6.79 Å². The monoisotopic (exact) mass is 526 g/mol. The Labute approximate surface area is 221 Å². The van der Waals surface area contributed by atoms with Gasteiger partial charge in [-0.15, -0.1) is 0 Å².